The minimum absolute atomic E-state index is 0.0798. The molecule has 0 radical (unpaired) electrons. The first kappa shape index (κ1) is 8.97. The van der Waals surface area contributed by atoms with Gasteiger partial charge in [-0.25, -0.2) is 0 Å². The molecular formula is C8H16O3. The van der Waals surface area contributed by atoms with E-state index in [0.717, 1.165) is 6.42 Å². The van der Waals surface area contributed by atoms with Gasteiger partial charge in [-0.3, -0.25) is 0 Å². The van der Waals surface area contributed by atoms with Crippen molar-refractivity contribution in [1.29, 1.82) is 0 Å². The van der Waals surface area contributed by atoms with Gasteiger partial charge < -0.3 is 14.6 Å². The highest BCUT2D eigenvalue weighted by Gasteiger charge is 2.32. The molecule has 11 heavy (non-hydrogen) atoms. The molecule has 0 aromatic rings. The number of hydrogen-bond donors (Lipinski definition) is 1. The van der Waals surface area contributed by atoms with E-state index in [9.17, 15) is 5.11 Å². The quantitative estimate of drug-likeness (QED) is 0.624. The highest BCUT2D eigenvalue weighted by atomic mass is 16.7. The lowest BCUT2D eigenvalue weighted by Gasteiger charge is -2.36. The summed E-state index contributed by atoms with van der Waals surface area (Å²) in [5.74, 6) is 0.0798. The second-order valence-corrected chi connectivity index (χ2v) is 3.04. The van der Waals surface area contributed by atoms with Gasteiger partial charge in [-0.1, -0.05) is 13.8 Å². The Morgan fingerprint density at radius 1 is 1.27 bits per heavy atom. The van der Waals surface area contributed by atoms with Crippen molar-refractivity contribution in [2.24, 2.45) is 5.92 Å². The molecule has 1 saturated heterocycles. The van der Waals surface area contributed by atoms with Crippen LogP contribution in [0, 0.1) is 5.92 Å². The fourth-order valence-electron chi connectivity index (χ4n) is 1.37. The van der Waals surface area contributed by atoms with Gasteiger partial charge >= 0.3 is 0 Å². The van der Waals surface area contributed by atoms with Gasteiger partial charge in [0.1, 0.15) is 0 Å². The van der Waals surface area contributed by atoms with Crippen LogP contribution in [-0.2, 0) is 9.47 Å². The highest BCUT2D eigenvalue weighted by Crippen LogP contribution is 2.24. The van der Waals surface area contributed by atoms with Crippen molar-refractivity contribution in [1.82, 2.24) is 0 Å². The monoisotopic (exact) mass is 160 g/mol. The van der Waals surface area contributed by atoms with Crippen LogP contribution in [0.15, 0.2) is 0 Å². The van der Waals surface area contributed by atoms with E-state index in [4.69, 9.17) is 9.47 Å². The van der Waals surface area contributed by atoms with Crippen LogP contribution >= 0.6 is 0 Å². The Kier molecular flexibility index (Phi) is 2.87. The predicted molar refractivity (Wildman–Crippen MR) is 40.9 cm³/mol. The molecule has 0 saturated carbocycles. The van der Waals surface area contributed by atoms with Crippen molar-refractivity contribution in [3.8, 4) is 0 Å². The summed E-state index contributed by atoms with van der Waals surface area (Å²) in [4.78, 5) is 0. The molecule has 0 bridgehead atoms. The maximum atomic E-state index is 9.35. The topological polar surface area (TPSA) is 38.7 Å². The van der Waals surface area contributed by atoms with Gasteiger partial charge in [0.15, 0.2) is 12.6 Å². The lowest BCUT2D eigenvalue weighted by atomic mass is 10.0. The molecule has 0 aliphatic carbocycles. The van der Waals surface area contributed by atoms with Crippen LogP contribution in [0.4, 0.5) is 0 Å². The highest BCUT2D eigenvalue weighted by molar-refractivity contribution is 4.71. The standard InChI is InChI=1S/C8H16O3/c1-4-7-5(2)8(9)11-6(3)10-7/h5-9H,4H2,1-3H3. The molecule has 3 nitrogen and oxygen atoms in total. The van der Waals surface area contributed by atoms with E-state index in [-0.39, 0.29) is 18.3 Å². The van der Waals surface area contributed by atoms with Crippen LogP contribution in [0.2, 0.25) is 0 Å². The second kappa shape index (κ2) is 3.52. The first-order valence-electron chi connectivity index (χ1n) is 4.14. The molecule has 0 aromatic carbocycles. The summed E-state index contributed by atoms with van der Waals surface area (Å²) < 4.78 is 10.5. The molecule has 4 atom stereocenters. The van der Waals surface area contributed by atoms with E-state index >= 15 is 0 Å². The zero-order chi connectivity index (χ0) is 8.43. The van der Waals surface area contributed by atoms with Gasteiger partial charge in [-0.2, -0.15) is 0 Å². The Bertz CT molecular complexity index is 127. The van der Waals surface area contributed by atoms with E-state index in [1.165, 1.54) is 0 Å². The summed E-state index contributed by atoms with van der Waals surface area (Å²) >= 11 is 0. The molecule has 1 fully saturated rings. The van der Waals surface area contributed by atoms with Crippen LogP contribution < -0.4 is 0 Å². The van der Waals surface area contributed by atoms with Crippen LogP contribution in [0.3, 0.4) is 0 Å². The summed E-state index contributed by atoms with van der Waals surface area (Å²) in [7, 11) is 0. The van der Waals surface area contributed by atoms with Crippen molar-refractivity contribution >= 4 is 0 Å². The Hall–Kier alpha value is -0.120. The first-order valence-corrected chi connectivity index (χ1v) is 4.14. The average molecular weight is 160 g/mol. The summed E-state index contributed by atoms with van der Waals surface area (Å²) in [6, 6.07) is 0. The van der Waals surface area contributed by atoms with E-state index < -0.39 is 6.29 Å². The molecule has 1 aliphatic heterocycles. The van der Waals surface area contributed by atoms with Crippen molar-refractivity contribution in [2.75, 3.05) is 0 Å². The molecule has 0 aromatic heterocycles. The molecule has 1 rings (SSSR count). The fraction of sp³-hybridized carbons (Fsp3) is 1.00. The Morgan fingerprint density at radius 3 is 2.45 bits per heavy atom. The fourth-order valence-corrected chi connectivity index (χ4v) is 1.37. The average Bonchev–Trinajstić information content (AvgIpc) is 1.96. The van der Waals surface area contributed by atoms with Crippen molar-refractivity contribution in [3.05, 3.63) is 0 Å². The molecule has 1 aliphatic rings. The van der Waals surface area contributed by atoms with Crippen molar-refractivity contribution in [3.63, 3.8) is 0 Å². The third-order valence-corrected chi connectivity index (χ3v) is 2.14. The molecule has 66 valence electrons. The third kappa shape index (κ3) is 1.92. The summed E-state index contributed by atoms with van der Waals surface area (Å²) in [5, 5.41) is 9.35. The number of ether oxygens (including phenoxy) is 2. The molecule has 4 unspecified atom stereocenters. The molecule has 3 heteroatoms. The van der Waals surface area contributed by atoms with Gasteiger partial charge in [0.05, 0.1) is 6.10 Å². The second-order valence-electron chi connectivity index (χ2n) is 3.04. The first-order chi connectivity index (χ1) is 5.15. The zero-order valence-electron chi connectivity index (χ0n) is 7.28. The number of aliphatic hydroxyl groups is 1. The molecule has 1 N–H and O–H groups in total. The van der Waals surface area contributed by atoms with Gasteiger partial charge in [0.25, 0.3) is 0 Å². The smallest absolute Gasteiger partial charge is 0.162 e. The third-order valence-electron chi connectivity index (χ3n) is 2.14. The normalized spacial score (nSPS) is 45.8. The Labute approximate surface area is 67.3 Å². The van der Waals surface area contributed by atoms with Crippen LogP contribution in [0.5, 0.6) is 0 Å². The van der Waals surface area contributed by atoms with Crippen molar-refractivity contribution < 1.29 is 14.6 Å². The van der Waals surface area contributed by atoms with E-state index in [1.54, 1.807) is 6.92 Å². The van der Waals surface area contributed by atoms with Gasteiger partial charge in [-0.05, 0) is 13.3 Å². The van der Waals surface area contributed by atoms with Gasteiger partial charge in [-0.15, -0.1) is 0 Å². The SMILES string of the molecule is CCC1OC(C)OC(O)C1C. The Morgan fingerprint density at radius 2 is 1.91 bits per heavy atom. The molecule has 0 amide bonds. The maximum absolute atomic E-state index is 9.35. The van der Waals surface area contributed by atoms with Crippen molar-refractivity contribution in [2.45, 2.75) is 45.9 Å². The summed E-state index contributed by atoms with van der Waals surface area (Å²) in [6.07, 6.45) is 0.120. The summed E-state index contributed by atoms with van der Waals surface area (Å²) in [6.45, 7) is 5.79. The van der Waals surface area contributed by atoms with Gasteiger partial charge in [0.2, 0.25) is 0 Å². The molecular weight excluding hydrogens is 144 g/mol. The molecule has 0 spiro atoms. The number of hydrogen-bond acceptors (Lipinski definition) is 3. The lowest BCUT2D eigenvalue weighted by molar-refractivity contribution is -0.311. The van der Waals surface area contributed by atoms with Crippen LogP contribution in [-0.4, -0.2) is 23.8 Å². The van der Waals surface area contributed by atoms with Gasteiger partial charge in [0, 0.05) is 5.92 Å². The van der Waals surface area contributed by atoms with Crippen LogP contribution in [0.25, 0.3) is 0 Å². The van der Waals surface area contributed by atoms with E-state index in [1.807, 2.05) is 13.8 Å². The zero-order valence-corrected chi connectivity index (χ0v) is 7.28. The number of aliphatic hydroxyl groups excluding tert-OH is 1. The maximum Gasteiger partial charge on any atom is 0.162 e. The van der Waals surface area contributed by atoms with Crippen LogP contribution in [0.1, 0.15) is 27.2 Å². The largest absolute Gasteiger partial charge is 0.368 e. The van der Waals surface area contributed by atoms with E-state index in [0.29, 0.717) is 0 Å². The number of rotatable bonds is 1. The predicted octanol–water partition coefficient (Wildman–Crippen LogP) is 1.11. The summed E-state index contributed by atoms with van der Waals surface area (Å²) in [5.41, 5.74) is 0. The Balaban J connectivity index is 2.51. The molecule has 1 heterocycles. The minimum atomic E-state index is -0.663. The minimum Gasteiger partial charge on any atom is -0.368 e. The lowest BCUT2D eigenvalue weighted by Crippen LogP contribution is -2.43. The van der Waals surface area contributed by atoms with E-state index in [2.05, 4.69) is 0 Å².